The number of fused-ring (bicyclic) bond motifs is 1. The smallest absolute Gasteiger partial charge is 0.243 e. The first-order valence-electron chi connectivity index (χ1n) is 11.3. The van der Waals surface area contributed by atoms with Gasteiger partial charge in [-0.3, -0.25) is 4.98 Å². The fourth-order valence-corrected chi connectivity index (χ4v) is 5.85. The molecule has 8 nitrogen and oxygen atoms in total. The van der Waals surface area contributed by atoms with E-state index >= 15 is 0 Å². The fraction of sp³-hybridized carbons (Fsp3) is 0.261. The zero-order chi connectivity index (χ0) is 24.6. The van der Waals surface area contributed by atoms with Crippen LogP contribution in [0.3, 0.4) is 0 Å². The maximum absolute atomic E-state index is 13.6. The molecule has 1 aromatic carbocycles. The van der Waals surface area contributed by atoms with E-state index in [4.69, 9.17) is 4.98 Å². The van der Waals surface area contributed by atoms with Gasteiger partial charge in [0.2, 0.25) is 10.0 Å². The molecule has 1 saturated heterocycles. The third kappa shape index (κ3) is 4.76. The summed E-state index contributed by atoms with van der Waals surface area (Å²) in [6.45, 7) is 1.02. The van der Waals surface area contributed by atoms with Crippen LogP contribution in [0, 0.1) is 11.6 Å². The van der Waals surface area contributed by atoms with Gasteiger partial charge in [0.15, 0.2) is 5.65 Å². The van der Waals surface area contributed by atoms with Crippen molar-refractivity contribution < 1.29 is 17.2 Å². The lowest BCUT2D eigenvalue weighted by Crippen LogP contribution is -2.38. The summed E-state index contributed by atoms with van der Waals surface area (Å²) in [5.41, 5.74) is 3.55. The van der Waals surface area contributed by atoms with E-state index in [1.807, 2.05) is 26.0 Å². The van der Waals surface area contributed by atoms with Crippen LogP contribution in [0.5, 0.6) is 0 Å². The summed E-state index contributed by atoms with van der Waals surface area (Å²) in [5, 5.41) is 7.84. The number of anilines is 1. The van der Waals surface area contributed by atoms with Crippen molar-refractivity contribution in [3.8, 4) is 0 Å². The van der Waals surface area contributed by atoms with Gasteiger partial charge in [-0.1, -0.05) is 6.07 Å². The van der Waals surface area contributed by atoms with E-state index in [0.29, 0.717) is 25.5 Å². The molecular weight excluding hydrogens is 473 g/mol. The van der Waals surface area contributed by atoms with E-state index in [-0.39, 0.29) is 23.9 Å². The summed E-state index contributed by atoms with van der Waals surface area (Å²) in [6, 6.07) is 8.17. The number of aromatic nitrogens is 4. The maximum Gasteiger partial charge on any atom is 0.243 e. The van der Waals surface area contributed by atoms with Crippen LogP contribution in [-0.4, -0.2) is 53.2 Å². The average Bonchev–Trinajstić information content (AvgIpc) is 3.23. The van der Waals surface area contributed by atoms with E-state index < -0.39 is 21.7 Å². The molecule has 0 aliphatic carbocycles. The first kappa shape index (κ1) is 23.4. The Bertz CT molecular complexity index is 1450. The number of hydrogen-bond donors (Lipinski definition) is 1. The summed E-state index contributed by atoms with van der Waals surface area (Å²) in [4.78, 5) is 8.60. The van der Waals surface area contributed by atoms with Crippen LogP contribution in [0.4, 0.5) is 14.6 Å². The number of benzene rings is 1. The van der Waals surface area contributed by atoms with Gasteiger partial charge >= 0.3 is 0 Å². The van der Waals surface area contributed by atoms with Gasteiger partial charge in [-0.2, -0.15) is 13.9 Å². The van der Waals surface area contributed by atoms with Crippen molar-refractivity contribution in [3.05, 3.63) is 77.9 Å². The Morgan fingerprint density at radius 1 is 1.09 bits per heavy atom. The summed E-state index contributed by atoms with van der Waals surface area (Å²) in [6.07, 6.45) is 6.35. The van der Waals surface area contributed by atoms with Crippen LogP contribution in [0.15, 0.2) is 59.9 Å². The summed E-state index contributed by atoms with van der Waals surface area (Å²) < 4.78 is 56.1. The highest BCUT2D eigenvalue weighted by Crippen LogP contribution is 2.31. The fourth-order valence-electron chi connectivity index (χ4n) is 4.34. The minimum Gasteiger partial charge on any atom is -0.366 e. The van der Waals surface area contributed by atoms with E-state index in [0.717, 1.165) is 40.3 Å². The third-order valence-electron chi connectivity index (χ3n) is 6.21. The van der Waals surface area contributed by atoms with E-state index in [9.17, 15) is 17.2 Å². The highest BCUT2D eigenvalue weighted by atomic mass is 32.2. The molecule has 4 aromatic rings. The molecule has 1 aliphatic heterocycles. The summed E-state index contributed by atoms with van der Waals surface area (Å²) in [5.74, 6) is -1.02. The van der Waals surface area contributed by atoms with Crippen molar-refractivity contribution in [1.82, 2.24) is 23.9 Å². The number of rotatable bonds is 6. The second kappa shape index (κ2) is 9.35. The normalized spacial score (nSPS) is 15.5. The number of nitrogens with zero attached hydrogens (tertiary/aromatic N) is 5. The van der Waals surface area contributed by atoms with E-state index in [1.165, 1.54) is 4.31 Å². The van der Waals surface area contributed by atoms with Crippen molar-refractivity contribution in [1.29, 1.82) is 0 Å². The van der Waals surface area contributed by atoms with Crippen LogP contribution >= 0.6 is 0 Å². The van der Waals surface area contributed by atoms with Crippen LogP contribution in [0.2, 0.25) is 0 Å². The van der Waals surface area contributed by atoms with Gasteiger partial charge in [0, 0.05) is 62.0 Å². The molecule has 0 amide bonds. The molecule has 12 heteroatoms. The standard InChI is InChI=1S/C23H23BF2N6O2S/c24-20-14-29-32-22(28-13-15-2-1-5-27-12-15)11-21(30-23(20)32)16-3-6-31(7-4-16)35(33,34)19-9-17(25)8-18(26)10-19/h1-2,5,8-12,14,16,28H,3-4,6-7,13,24H2. The van der Waals surface area contributed by atoms with Crippen LogP contribution in [0.25, 0.3) is 5.65 Å². The van der Waals surface area contributed by atoms with E-state index in [2.05, 4.69) is 15.4 Å². The molecule has 3 aromatic heterocycles. The largest absolute Gasteiger partial charge is 0.366 e. The van der Waals surface area contributed by atoms with Crippen molar-refractivity contribution in [2.45, 2.75) is 30.2 Å². The molecule has 35 heavy (non-hydrogen) atoms. The average molecular weight is 496 g/mol. The molecule has 5 rings (SSSR count). The van der Waals surface area contributed by atoms with Gasteiger partial charge in [-0.05, 0) is 42.1 Å². The van der Waals surface area contributed by atoms with Gasteiger partial charge < -0.3 is 5.32 Å². The Hall–Kier alpha value is -3.38. The van der Waals surface area contributed by atoms with Crippen molar-refractivity contribution in [3.63, 3.8) is 0 Å². The lowest BCUT2D eigenvalue weighted by Gasteiger charge is -2.31. The van der Waals surface area contributed by atoms with Crippen molar-refractivity contribution in [2.24, 2.45) is 0 Å². The molecule has 1 N–H and O–H groups in total. The second-order valence-electron chi connectivity index (χ2n) is 8.63. The van der Waals surface area contributed by atoms with Crippen LogP contribution in [-0.2, 0) is 16.6 Å². The molecule has 0 spiro atoms. The number of nitrogens with one attached hydrogen (secondary N) is 1. The Morgan fingerprint density at radius 3 is 2.51 bits per heavy atom. The zero-order valence-electron chi connectivity index (χ0n) is 19.0. The van der Waals surface area contributed by atoms with Crippen LogP contribution in [0.1, 0.15) is 30.0 Å². The molecule has 0 unspecified atom stereocenters. The lowest BCUT2D eigenvalue weighted by atomic mass is 9.94. The zero-order valence-corrected chi connectivity index (χ0v) is 19.8. The lowest BCUT2D eigenvalue weighted by molar-refractivity contribution is 0.316. The molecular formula is C23H23BF2N6O2S. The Balaban J connectivity index is 1.36. The van der Waals surface area contributed by atoms with Crippen LogP contribution < -0.4 is 10.8 Å². The number of pyridine rings is 1. The number of piperidine rings is 1. The SMILES string of the molecule is Bc1cnn2c(NCc3cccnc3)cc(C3CCN(S(=O)(=O)c4cc(F)cc(F)c4)CC3)nc12. The Morgan fingerprint density at radius 2 is 1.83 bits per heavy atom. The van der Waals surface area contributed by atoms with E-state index in [1.54, 1.807) is 23.1 Å². The van der Waals surface area contributed by atoms with Crippen molar-refractivity contribution >= 4 is 34.8 Å². The summed E-state index contributed by atoms with van der Waals surface area (Å²) >= 11 is 0. The molecule has 4 heterocycles. The molecule has 0 saturated carbocycles. The Labute approximate surface area is 202 Å². The maximum atomic E-state index is 13.6. The Kier molecular flexibility index (Phi) is 6.24. The molecule has 1 aliphatic rings. The summed E-state index contributed by atoms with van der Waals surface area (Å²) in [7, 11) is -2.05. The minimum atomic E-state index is -3.99. The van der Waals surface area contributed by atoms with Gasteiger partial charge in [0.1, 0.15) is 25.3 Å². The highest BCUT2D eigenvalue weighted by Gasteiger charge is 2.31. The predicted molar refractivity (Wildman–Crippen MR) is 130 cm³/mol. The predicted octanol–water partition coefficient (Wildman–Crippen LogP) is 1.84. The molecule has 180 valence electrons. The molecule has 1 fully saturated rings. The van der Waals surface area contributed by atoms with Gasteiger partial charge in [-0.15, -0.1) is 0 Å². The molecule has 0 radical (unpaired) electrons. The monoisotopic (exact) mass is 496 g/mol. The topological polar surface area (TPSA) is 92.5 Å². The third-order valence-corrected chi connectivity index (χ3v) is 8.09. The second-order valence-corrected chi connectivity index (χ2v) is 10.6. The van der Waals surface area contributed by atoms with Crippen molar-refractivity contribution in [2.75, 3.05) is 18.4 Å². The first-order valence-corrected chi connectivity index (χ1v) is 12.7. The first-order chi connectivity index (χ1) is 16.8. The van der Waals surface area contributed by atoms with Gasteiger partial charge in [0.05, 0.1) is 4.90 Å². The number of hydrogen-bond acceptors (Lipinski definition) is 6. The number of sulfonamides is 1. The minimum absolute atomic E-state index is 0.0314. The quantitative estimate of drug-likeness (QED) is 0.410. The number of halogens is 2. The molecule has 0 bridgehead atoms. The van der Waals surface area contributed by atoms with Gasteiger partial charge in [0.25, 0.3) is 0 Å². The van der Waals surface area contributed by atoms with Gasteiger partial charge in [-0.25, -0.2) is 22.2 Å². The molecule has 0 atom stereocenters. The highest BCUT2D eigenvalue weighted by molar-refractivity contribution is 7.89.